The maximum Gasteiger partial charge on any atom is 0.119 e. The third-order valence-corrected chi connectivity index (χ3v) is 7.54. The van der Waals surface area contributed by atoms with Crippen molar-refractivity contribution in [1.29, 1.82) is 0 Å². The van der Waals surface area contributed by atoms with Gasteiger partial charge in [0.2, 0.25) is 0 Å². The second kappa shape index (κ2) is 21.0. The summed E-state index contributed by atoms with van der Waals surface area (Å²) < 4.78 is 11.9. The standard InChI is InChI=1S/C35H56O2/c1-4-6-7-8-9-10-11-12-13-14-15-16-17-18-19-20-29-36-34-25-21-32(22-26-34)33-23-27-35(28-24-33)37-30-31(3)5-2/h21-28,31H,4-20,29-30H2,1-3H3. The lowest BCUT2D eigenvalue weighted by atomic mass is 10.0. The molecule has 0 N–H and O–H groups in total. The highest BCUT2D eigenvalue weighted by Crippen LogP contribution is 2.25. The predicted molar refractivity (Wildman–Crippen MR) is 162 cm³/mol. The lowest BCUT2D eigenvalue weighted by Crippen LogP contribution is -2.06. The van der Waals surface area contributed by atoms with Gasteiger partial charge in [0.1, 0.15) is 11.5 Å². The molecular formula is C35H56O2. The van der Waals surface area contributed by atoms with Gasteiger partial charge in [0.05, 0.1) is 13.2 Å². The number of hydrogen-bond donors (Lipinski definition) is 0. The highest BCUT2D eigenvalue weighted by atomic mass is 16.5. The van der Waals surface area contributed by atoms with Gasteiger partial charge in [-0.05, 0) is 47.7 Å². The normalized spacial score (nSPS) is 12.0. The highest BCUT2D eigenvalue weighted by molar-refractivity contribution is 5.64. The molecule has 0 amide bonds. The summed E-state index contributed by atoms with van der Waals surface area (Å²) >= 11 is 0. The van der Waals surface area contributed by atoms with Gasteiger partial charge in [-0.15, -0.1) is 0 Å². The minimum absolute atomic E-state index is 0.589. The Hall–Kier alpha value is -1.96. The molecule has 0 spiro atoms. The molecule has 0 radical (unpaired) electrons. The van der Waals surface area contributed by atoms with Crippen molar-refractivity contribution in [2.75, 3.05) is 13.2 Å². The Balaban J connectivity index is 1.44. The van der Waals surface area contributed by atoms with E-state index in [1.54, 1.807) is 0 Å². The average molecular weight is 509 g/mol. The van der Waals surface area contributed by atoms with Gasteiger partial charge in [-0.25, -0.2) is 0 Å². The monoisotopic (exact) mass is 508 g/mol. The Bertz CT molecular complexity index is 765. The van der Waals surface area contributed by atoms with Crippen LogP contribution in [0.3, 0.4) is 0 Å². The third kappa shape index (κ3) is 15.1. The first kappa shape index (κ1) is 31.3. The second-order valence-electron chi connectivity index (χ2n) is 11.0. The molecule has 37 heavy (non-hydrogen) atoms. The molecule has 208 valence electrons. The van der Waals surface area contributed by atoms with Crippen molar-refractivity contribution in [2.24, 2.45) is 5.92 Å². The Labute approximate surface area is 229 Å². The molecule has 0 fully saturated rings. The average Bonchev–Trinajstić information content (AvgIpc) is 2.94. The van der Waals surface area contributed by atoms with E-state index < -0.39 is 0 Å². The predicted octanol–water partition coefficient (Wildman–Crippen LogP) is 11.4. The first-order valence-electron chi connectivity index (χ1n) is 15.7. The summed E-state index contributed by atoms with van der Waals surface area (Å²) in [5.41, 5.74) is 2.42. The molecule has 0 heterocycles. The second-order valence-corrected chi connectivity index (χ2v) is 11.0. The molecule has 1 atom stereocenters. The van der Waals surface area contributed by atoms with Gasteiger partial charge in [-0.3, -0.25) is 0 Å². The molecule has 2 heteroatoms. The van der Waals surface area contributed by atoms with Crippen LogP contribution in [-0.4, -0.2) is 13.2 Å². The summed E-state index contributed by atoms with van der Waals surface area (Å²) in [5, 5.41) is 0. The Morgan fingerprint density at radius 3 is 1.27 bits per heavy atom. The van der Waals surface area contributed by atoms with Crippen LogP contribution in [0.2, 0.25) is 0 Å². The zero-order valence-corrected chi connectivity index (χ0v) is 24.4. The maximum absolute atomic E-state index is 5.98. The van der Waals surface area contributed by atoms with Crippen LogP contribution in [0.1, 0.15) is 130 Å². The molecule has 0 saturated carbocycles. The maximum atomic E-state index is 5.98. The molecule has 2 aromatic carbocycles. The molecule has 0 bridgehead atoms. The molecule has 0 aromatic heterocycles. The molecule has 0 aliphatic carbocycles. The van der Waals surface area contributed by atoms with Gasteiger partial charge in [0.25, 0.3) is 0 Å². The molecule has 1 unspecified atom stereocenters. The van der Waals surface area contributed by atoms with Crippen LogP contribution in [0.5, 0.6) is 11.5 Å². The molecule has 2 rings (SSSR count). The van der Waals surface area contributed by atoms with Crippen LogP contribution >= 0.6 is 0 Å². The van der Waals surface area contributed by atoms with E-state index >= 15 is 0 Å². The van der Waals surface area contributed by atoms with Crippen LogP contribution in [0, 0.1) is 5.92 Å². The minimum atomic E-state index is 0.589. The van der Waals surface area contributed by atoms with Crippen LogP contribution in [0.4, 0.5) is 0 Å². The van der Waals surface area contributed by atoms with E-state index in [0.29, 0.717) is 5.92 Å². The van der Waals surface area contributed by atoms with E-state index in [1.807, 2.05) is 0 Å². The summed E-state index contributed by atoms with van der Waals surface area (Å²) in [6.07, 6.45) is 23.5. The molecular weight excluding hydrogens is 452 g/mol. The SMILES string of the molecule is CCCCCCCCCCCCCCCCCCOc1ccc(-c2ccc(OCC(C)CC)cc2)cc1. The Morgan fingerprint density at radius 1 is 0.486 bits per heavy atom. The largest absolute Gasteiger partial charge is 0.494 e. The van der Waals surface area contributed by atoms with Gasteiger partial charge in [0, 0.05) is 0 Å². The van der Waals surface area contributed by atoms with Crippen LogP contribution < -0.4 is 9.47 Å². The van der Waals surface area contributed by atoms with Crippen LogP contribution in [-0.2, 0) is 0 Å². The van der Waals surface area contributed by atoms with Crippen molar-refractivity contribution in [3.05, 3.63) is 48.5 Å². The zero-order chi connectivity index (χ0) is 26.4. The molecule has 2 nitrogen and oxygen atoms in total. The summed E-state index contributed by atoms with van der Waals surface area (Å²) in [5.74, 6) is 2.51. The lowest BCUT2D eigenvalue weighted by Gasteiger charge is -2.11. The van der Waals surface area contributed by atoms with Gasteiger partial charge < -0.3 is 9.47 Å². The van der Waals surface area contributed by atoms with Crippen molar-refractivity contribution < 1.29 is 9.47 Å². The lowest BCUT2D eigenvalue weighted by molar-refractivity contribution is 0.256. The van der Waals surface area contributed by atoms with Gasteiger partial charge in [0.15, 0.2) is 0 Å². The fourth-order valence-electron chi connectivity index (χ4n) is 4.68. The highest BCUT2D eigenvalue weighted by Gasteiger charge is 2.03. The Kier molecular flexibility index (Phi) is 17.8. The number of rotatable bonds is 23. The fraction of sp³-hybridized carbons (Fsp3) is 0.657. The first-order valence-corrected chi connectivity index (χ1v) is 15.7. The zero-order valence-electron chi connectivity index (χ0n) is 24.4. The summed E-state index contributed by atoms with van der Waals surface area (Å²) in [7, 11) is 0. The fourth-order valence-corrected chi connectivity index (χ4v) is 4.68. The van der Waals surface area contributed by atoms with Gasteiger partial charge >= 0.3 is 0 Å². The number of unbranched alkanes of at least 4 members (excludes halogenated alkanes) is 15. The van der Waals surface area contributed by atoms with E-state index in [-0.39, 0.29) is 0 Å². The van der Waals surface area contributed by atoms with Crippen molar-refractivity contribution in [3.63, 3.8) is 0 Å². The molecule has 0 aliphatic rings. The summed E-state index contributed by atoms with van der Waals surface area (Å²) in [6, 6.07) is 16.9. The van der Waals surface area contributed by atoms with Crippen molar-refractivity contribution >= 4 is 0 Å². The van der Waals surface area contributed by atoms with E-state index in [0.717, 1.165) is 37.6 Å². The van der Waals surface area contributed by atoms with E-state index in [4.69, 9.17) is 9.47 Å². The van der Waals surface area contributed by atoms with Crippen molar-refractivity contribution in [1.82, 2.24) is 0 Å². The van der Waals surface area contributed by atoms with E-state index in [2.05, 4.69) is 69.3 Å². The smallest absolute Gasteiger partial charge is 0.119 e. The minimum Gasteiger partial charge on any atom is -0.494 e. The Morgan fingerprint density at radius 2 is 0.865 bits per heavy atom. The summed E-state index contributed by atoms with van der Waals surface area (Å²) in [6.45, 7) is 8.31. The number of benzene rings is 2. The van der Waals surface area contributed by atoms with Crippen molar-refractivity contribution in [3.8, 4) is 22.6 Å². The number of ether oxygens (including phenoxy) is 2. The van der Waals surface area contributed by atoms with E-state index in [1.165, 1.54) is 107 Å². The quantitative estimate of drug-likeness (QED) is 0.139. The van der Waals surface area contributed by atoms with Gasteiger partial charge in [-0.1, -0.05) is 148 Å². The third-order valence-electron chi connectivity index (χ3n) is 7.54. The van der Waals surface area contributed by atoms with Crippen LogP contribution in [0.25, 0.3) is 11.1 Å². The van der Waals surface area contributed by atoms with Gasteiger partial charge in [-0.2, -0.15) is 0 Å². The molecule has 2 aromatic rings. The summed E-state index contributed by atoms with van der Waals surface area (Å²) in [4.78, 5) is 0. The van der Waals surface area contributed by atoms with Crippen molar-refractivity contribution in [2.45, 2.75) is 130 Å². The topological polar surface area (TPSA) is 18.5 Å². The van der Waals surface area contributed by atoms with Crippen LogP contribution in [0.15, 0.2) is 48.5 Å². The number of hydrogen-bond acceptors (Lipinski definition) is 2. The van der Waals surface area contributed by atoms with E-state index in [9.17, 15) is 0 Å². The molecule has 0 aliphatic heterocycles. The first-order chi connectivity index (χ1) is 18.2. The molecule has 0 saturated heterocycles.